The number of halogens is 1. The lowest BCUT2D eigenvalue weighted by Crippen LogP contribution is -2.10. The Kier molecular flexibility index (Phi) is 11.4. The standard InChI is InChI=1S/C69H41ClN4O/c70-63-46-52(69(75)68-62(63)14-9-45-71-68)34-23-51-28-39-55(40-29-51)72(53-35-24-47(25-36-53)19-21-49-30-41-56(42-31-49)73-64-15-5-1-10-58(64)59-11-2-6-16-65(59)73)54-37-26-48(27-38-54)20-22-50-32-43-57(44-33-50)74-66-17-7-3-12-60(66)61-13-4-8-18-67(61)74/h1-18,24-33,35-46,75H. The summed E-state index contributed by atoms with van der Waals surface area (Å²) in [5, 5.41) is 17.1. The summed E-state index contributed by atoms with van der Waals surface area (Å²) in [4.78, 5) is 6.53. The topological polar surface area (TPSA) is 46.2 Å². The minimum Gasteiger partial charge on any atom is -0.504 e. The molecule has 0 fully saturated rings. The molecule has 0 bridgehead atoms. The van der Waals surface area contributed by atoms with Crippen molar-refractivity contribution < 1.29 is 5.11 Å². The van der Waals surface area contributed by atoms with Gasteiger partial charge in [0.2, 0.25) is 0 Å². The number of hydrogen-bond donors (Lipinski definition) is 1. The van der Waals surface area contributed by atoms with E-state index in [2.05, 4.69) is 249 Å². The fourth-order valence-corrected chi connectivity index (χ4v) is 10.3. The lowest BCUT2D eigenvalue weighted by atomic mass is 10.1. The number of aromatic nitrogens is 3. The van der Waals surface area contributed by atoms with Crippen LogP contribution in [0.15, 0.2) is 243 Å². The Labute approximate surface area is 438 Å². The number of fused-ring (bicyclic) bond motifs is 7. The molecule has 0 aliphatic heterocycles. The van der Waals surface area contributed by atoms with Gasteiger partial charge in [0.15, 0.2) is 5.75 Å². The Bertz CT molecular complexity index is 4210. The number of hydrogen-bond acceptors (Lipinski definition) is 3. The zero-order valence-electron chi connectivity index (χ0n) is 40.2. The van der Waals surface area contributed by atoms with Gasteiger partial charge in [-0.3, -0.25) is 4.98 Å². The molecule has 13 aromatic rings. The van der Waals surface area contributed by atoms with Crippen LogP contribution < -0.4 is 4.90 Å². The summed E-state index contributed by atoms with van der Waals surface area (Å²) in [6, 6.07) is 81.1. The smallest absolute Gasteiger partial charge is 0.157 e. The lowest BCUT2D eigenvalue weighted by molar-refractivity contribution is 0.479. The van der Waals surface area contributed by atoms with E-state index < -0.39 is 0 Å². The molecule has 0 radical (unpaired) electrons. The van der Waals surface area contributed by atoms with Crippen molar-refractivity contribution in [1.29, 1.82) is 0 Å². The molecule has 0 amide bonds. The average Bonchev–Trinajstić information content (AvgIpc) is 4.03. The monoisotopic (exact) mass is 976 g/mol. The van der Waals surface area contributed by atoms with Crippen molar-refractivity contribution in [2.24, 2.45) is 0 Å². The van der Waals surface area contributed by atoms with Crippen LogP contribution in [0, 0.1) is 35.5 Å². The summed E-state index contributed by atoms with van der Waals surface area (Å²) in [7, 11) is 0. The molecule has 0 atom stereocenters. The van der Waals surface area contributed by atoms with Crippen molar-refractivity contribution in [2.45, 2.75) is 0 Å². The zero-order chi connectivity index (χ0) is 50.2. The SMILES string of the molecule is Oc1c(C#Cc2ccc(N(c3ccc(C#Cc4ccc(-n5c6ccccc6c6ccccc65)cc4)cc3)c3ccc(C#Cc4ccc(-n5c6ccccc6c6ccccc65)cc4)cc3)cc2)cc(Cl)c2cccnc12. The predicted molar refractivity (Wildman–Crippen MR) is 309 cm³/mol. The van der Waals surface area contributed by atoms with E-state index in [-0.39, 0.29) is 5.75 Å². The number of rotatable bonds is 5. The van der Waals surface area contributed by atoms with E-state index in [1.165, 1.54) is 43.6 Å². The third-order valence-corrected chi connectivity index (χ3v) is 14.0. The van der Waals surface area contributed by atoms with Crippen LogP contribution in [0.5, 0.6) is 5.75 Å². The van der Waals surface area contributed by atoms with Gasteiger partial charge in [-0.15, -0.1) is 0 Å². The molecule has 0 saturated carbocycles. The van der Waals surface area contributed by atoms with Gasteiger partial charge in [-0.2, -0.15) is 0 Å². The molecular formula is C69H41ClN4O. The number of para-hydroxylation sites is 4. The van der Waals surface area contributed by atoms with Gasteiger partial charge in [0.1, 0.15) is 5.52 Å². The minimum absolute atomic E-state index is 0.00776. The van der Waals surface area contributed by atoms with Crippen molar-refractivity contribution in [3.63, 3.8) is 0 Å². The highest BCUT2D eigenvalue weighted by Gasteiger charge is 2.16. The zero-order valence-corrected chi connectivity index (χ0v) is 41.0. The Morgan fingerprint density at radius 1 is 0.360 bits per heavy atom. The Balaban J connectivity index is 0.782. The van der Waals surface area contributed by atoms with Crippen molar-refractivity contribution in [1.82, 2.24) is 14.1 Å². The number of aromatic hydroxyl groups is 1. The highest BCUT2D eigenvalue weighted by Crippen LogP contribution is 2.37. The summed E-state index contributed by atoms with van der Waals surface area (Å²) in [6.07, 6.45) is 1.63. The summed E-state index contributed by atoms with van der Waals surface area (Å²) in [5.41, 5.74) is 15.0. The van der Waals surface area contributed by atoms with E-state index in [9.17, 15) is 5.11 Å². The molecule has 5 nitrogen and oxygen atoms in total. The fraction of sp³-hybridized carbons (Fsp3) is 0. The molecular weight excluding hydrogens is 936 g/mol. The predicted octanol–water partition coefficient (Wildman–Crippen LogP) is 16.5. The van der Waals surface area contributed by atoms with Crippen LogP contribution in [0.2, 0.25) is 5.02 Å². The molecule has 0 aliphatic carbocycles. The average molecular weight is 978 g/mol. The molecule has 350 valence electrons. The van der Waals surface area contributed by atoms with Gasteiger partial charge in [0.25, 0.3) is 0 Å². The third kappa shape index (κ3) is 8.45. The van der Waals surface area contributed by atoms with Gasteiger partial charge in [0, 0.05) is 89.4 Å². The van der Waals surface area contributed by atoms with Gasteiger partial charge >= 0.3 is 0 Å². The second-order valence-electron chi connectivity index (χ2n) is 18.2. The highest BCUT2D eigenvalue weighted by atomic mass is 35.5. The molecule has 0 saturated heterocycles. The van der Waals surface area contributed by atoms with Crippen LogP contribution in [-0.2, 0) is 0 Å². The number of phenolic OH excluding ortho intramolecular Hbond substituents is 1. The molecule has 75 heavy (non-hydrogen) atoms. The fourth-order valence-electron chi connectivity index (χ4n) is 10.0. The first-order valence-electron chi connectivity index (χ1n) is 24.6. The van der Waals surface area contributed by atoms with Gasteiger partial charge in [-0.05, 0) is 164 Å². The Hall–Kier alpha value is -10.2. The van der Waals surface area contributed by atoms with Gasteiger partial charge in [0.05, 0.1) is 32.7 Å². The molecule has 3 aromatic heterocycles. The van der Waals surface area contributed by atoms with Gasteiger partial charge in [-0.25, -0.2) is 0 Å². The maximum atomic E-state index is 11.0. The van der Waals surface area contributed by atoms with Crippen LogP contribution in [0.1, 0.15) is 33.4 Å². The number of pyridine rings is 1. The summed E-state index contributed by atoms with van der Waals surface area (Å²) >= 11 is 6.56. The molecule has 3 heterocycles. The van der Waals surface area contributed by atoms with E-state index in [1.54, 1.807) is 18.3 Å². The lowest BCUT2D eigenvalue weighted by Gasteiger charge is -2.25. The molecule has 0 unspecified atom stereocenters. The quantitative estimate of drug-likeness (QED) is 0.175. The third-order valence-electron chi connectivity index (χ3n) is 13.6. The van der Waals surface area contributed by atoms with Crippen LogP contribution in [0.3, 0.4) is 0 Å². The second kappa shape index (κ2) is 19.1. The van der Waals surface area contributed by atoms with E-state index >= 15 is 0 Å². The number of benzene rings is 10. The molecule has 0 spiro atoms. The van der Waals surface area contributed by atoms with E-state index in [0.29, 0.717) is 21.5 Å². The summed E-state index contributed by atoms with van der Waals surface area (Å²) in [5.74, 6) is 19.9. The number of phenols is 1. The maximum absolute atomic E-state index is 11.0. The Morgan fingerprint density at radius 3 is 1.05 bits per heavy atom. The van der Waals surface area contributed by atoms with Gasteiger partial charge < -0.3 is 19.1 Å². The van der Waals surface area contributed by atoms with Crippen LogP contribution in [0.4, 0.5) is 17.1 Å². The number of nitrogens with zero attached hydrogens (tertiary/aromatic N) is 4. The summed E-state index contributed by atoms with van der Waals surface area (Å²) in [6.45, 7) is 0. The van der Waals surface area contributed by atoms with Crippen LogP contribution >= 0.6 is 11.6 Å². The second-order valence-corrected chi connectivity index (χ2v) is 18.6. The largest absolute Gasteiger partial charge is 0.504 e. The van der Waals surface area contributed by atoms with E-state index in [4.69, 9.17) is 11.6 Å². The van der Waals surface area contributed by atoms with Crippen LogP contribution in [-0.4, -0.2) is 19.2 Å². The van der Waals surface area contributed by atoms with Crippen LogP contribution in [0.25, 0.3) is 65.9 Å². The molecule has 6 heteroatoms. The van der Waals surface area contributed by atoms with Crippen molar-refractivity contribution >= 4 is 83.2 Å². The molecule has 10 aromatic carbocycles. The summed E-state index contributed by atoms with van der Waals surface area (Å²) < 4.78 is 4.63. The molecule has 1 N–H and O–H groups in total. The first-order chi connectivity index (χ1) is 37.0. The van der Waals surface area contributed by atoms with Crippen molar-refractivity contribution in [2.75, 3.05) is 4.90 Å². The van der Waals surface area contributed by atoms with Gasteiger partial charge in [-0.1, -0.05) is 120 Å². The number of anilines is 3. The molecule has 13 rings (SSSR count). The minimum atomic E-state index is 0.00776. The highest BCUT2D eigenvalue weighted by molar-refractivity contribution is 6.35. The van der Waals surface area contributed by atoms with Crippen molar-refractivity contribution in [3.05, 3.63) is 281 Å². The molecule has 0 aliphatic rings. The maximum Gasteiger partial charge on any atom is 0.157 e. The van der Waals surface area contributed by atoms with E-state index in [0.717, 1.165) is 56.3 Å². The van der Waals surface area contributed by atoms with Crippen molar-refractivity contribution in [3.8, 4) is 52.6 Å². The first-order valence-corrected chi connectivity index (χ1v) is 25.0. The first kappa shape index (κ1) is 44.7. The Morgan fingerprint density at radius 2 is 0.680 bits per heavy atom. The van der Waals surface area contributed by atoms with E-state index in [1.807, 2.05) is 30.3 Å². The normalized spacial score (nSPS) is 11.0.